The van der Waals surface area contributed by atoms with Gasteiger partial charge in [0.1, 0.15) is 22.3 Å². The highest BCUT2D eigenvalue weighted by atomic mass is 127. The summed E-state index contributed by atoms with van der Waals surface area (Å²) < 4.78 is 15.1. The molecular weight excluding hydrogens is 759 g/mol. The number of alkyl halides is 1. The van der Waals surface area contributed by atoms with Crippen molar-refractivity contribution in [2.24, 2.45) is 0 Å². The van der Waals surface area contributed by atoms with Crippen LogP contribution in [-0.4, -0.2) is 4.83 Å². The zero-order valence-corrected chi connectivity index (χ0v) is 27.3. The minimum absolute atomic E-state index is 0.470. The minimum Gasteiger partial charge on any atom is -0.456 e. The summed E-state index contributed by atoms with van der Waals surface area (Å²) in [6, 6.07) is 24.7. The van der Waals surface area contributed by atoms with Gasteiger partial charge >= 0.3 is 0 Å². The van der Waals surface area contributed by atoms with Crippen LogP contribution in [0.4, 0.5) is 0 Å². The molecule has 0 aliphatic heterocycles. The lowest BCUT2D eigenvalue weighted by Crippen LogP contribution is -1.86. The molecule has 6 rings (SSSR count). The van der Waals surface area contributed by atoms with E-state index in [1.54, 1.807) is 0 Å². The summed E-state index contributed by atoms with van der Waals surface area (Å²) in [5, 5.41) is 4.69. The molecule has 0 spiro atoms. The van der Waals surface area contributed by atoms with Gasteiger partial charge < -0.3 is 8.83 Å². The summed E-state index contributed by atoms with van der Waals surface area (Å²) >= 11 is 12.7. The Kier molecular flexibility index (Phi) is 9.23. The summed E-state index contributed by atoms with van der Waals surface area (Å²) in [4.78, 5) is 0.646. The van der Waals surface area contributed by atoms with E-state index in [-0.39, 0.29) is 0 Å². The van der Waals surface area contributed by atoms with Crippen molar-refractivity contribution in [3.05, 3.63) is 90.9 Å². The van der Waals surface area contributed by atoms with Crippen LogP contribution in [0.2, 0.25) is 0 Å². The topological polar surface area (TPSA) is 26.3 Å². The van der Waals surface area contributed by atoms with E-state index in [0.717, 1.165) is 40.2 Å². The first-order valence-corrected chi connectivity index (χ1v) is 15.3. The monoisotopic (exact) mass is 782 g/mol. The molecule has 0 amide bonds. The van der Waals surface area contributed by atoms with Gasteiger partial charge in [0, 0.05) is 35.3 Å². The molecule has 4 aromatic carbocycles. The Bertz CT molecular complexity index is 1640. The normalized spacial score (nSPS) is 11.3. The van der Waals surface area contributed by atoms with Gasteiger partial charge in [-0.05, 0) is 64.4 Å². The first kappa shape index (κ1) is 27.7. The fourth-order valence-corrected chi connectivity index (χ4v) is 5.78. The molecule has 2 heterocycles. The van der Waals surface area contributed by atoms with E-state index in [0.29, 0.717) is 10.7 Å². The van der Waals surface area contributed by atoms with Gasteiger partial charge in [0.25, 0.3) is 0 Å². The molecule has 0 saturated heterocycles. The molecule has 186 valence electrons. The third-order valence-electron chi connectivity index (χ3n) is 5.55. The minimum atomic E-state index is 0.470. The Morgan fingerprint density at radius 1 is 0.639 bits per heavy atom. The smallest absolute Gasteiger partial charge is 0.148 e. The highest BCUT2D eigenvalue weighted by Gasteiger charge is 2.14. The van der Waals surface area contributed by atoms with Gasteiger partial charge in [-0.2, -0.15) is 0 Å². The number of rotatable bonds is 1. The van der Waals surface area contributed by atoms with E-state index >= 15 is 0 Å². The number of furan rings is 2. The van der Waals surface area contributed by atoms with Crippen molar-refractivity contribution in [2.45, 2.75) is 38.4 Å². The van der Waals surface area contributed by atoms with Crippen LogP contribution >= 0.6 is 70.4 Å². The van der Waals surface area contributed by atoms with E-state index in [1.807, 2.05) is 30.3 Å². The lowest BCUT2D eigenvalue weighted by molar-refractivity contribution is 0.657. The first-order valence-electron chi connectivity index (χ1n) is 11.7. The van der Waals surface area contributed by atoms with Gasteiger partial charge in [-0.3, -0.25) is 0 Å². The maximum atomic E-state index is 6.00. The number of hydrogen-bond acceptors (Lipinski definition) is 2. The van der Waals surface area contributed by atoms with E-state index in [9.17, 15) is 0 Å². The SMILES string of the molecule is Brc1cccc2oc3c(I)cccc3c12.CC(C)Br.CC(C)c1cccc2c1oc1cccc(Br)c12. The second-order valence-electron chi connectivity index (χ2n) is 8.94. The van der Waals surface area contributed by atoms with Crippen LogP contribution in [0.15, 0.2) is 90.6 Å². The van der Waals surface area contributed by atoms with Crippen molar-refractivity contribution < 1.29 is 8.83 Å². The van der Waals surface area contributed by atoms with Gasteiger partial charge in [-0.15, -0.1) is 0 Å². The van der Waals surface area contributed by atoms with Crippen molar-refractivity contribution in [1.82, 2.24) is 0 Å². The van der Waals surface area contributed by atoms with Crippen molar-refractivity contribution >= 4 is 114 Å². The quantitative estimate of drug-likeness (QED) is 0.123. The predicted molar refractivity (Wildman–Crippen MR) is 174 cm³/mol. The number of halogens is 4. The molecule has 0 saturated carbocycles. The molecule has 0 N–H and O–H groups in total. The van der Waals surface area contributed by atoms with Crippen molar-refractivity contribution in [2.75, 3.05) is 0 Å². The molecule has 6 heteroatoms. The molecule has 2 aromatic heterocycles. The number of para-hydroxylation sites is 2. The average Bonchev–Trinajstić information content (AvgIpc) is 3.40. The van der Waals surface area contributed by atoms with Crippen molar-refractivity contribution in [1.29, 1.82) is 0 Å². The van der Waals surface area contributed by atoms with Crippen molar-refractivity contribution in [3.8, 4) is 0 Å². The lowest BCUT2D eigenvalue weighted by atomic mass is 10.0. The fraction of sp³-hybridized carbons (Fsp3) is 0.200. The number of hydrogen-bond donors (Lipinski definition) is 0. The molecule has 36 heavy (non-hydrogen) atoms. The van der Waals surface area contributed by atoms with Crippen LogP contribution in [0.5, 0.6) is 0 Å². The Morgan fingerprint density at radius 3 is 1.61 bits per heavy atom. The summed E-state index contributed by atoms with van der Waals surface area (Å²) in [5.41, 5.74) is 5.14. The number of benzene rings is 4. The van der Waals surface area contributed by atoms with Gasteiger partial charge in [-0.1, -0.05) is 118 Å². The summed E-state index contributed by atoms with van der Waals surface area (Å²) in [7, 11) is 0. The Balaban J connectivity index is 0.000000148. The van der Waals surface area contributed by atoms with Crippen LogP contribution in [0.1, 0.15) is 39.2 Å². The molecule has 0 bridgehead atoms. The number of fused-ring (bicyclic) bond motifs is 6. The van der Waals surface area contributed by atoms with Gasteiger partial charge in [0.2, 0.25) is 0 Å². The van der Waals surface area contributed by atoms with E-state index in [1.165, 1.54) is 21.7 Å². The first-order chi connectivity index (χ1) is 17.2. The molecule has 0 unspecified atom stereocenters. The maximum absolute atomic E-state index is 6.00. The van der Waals surface area contributed by atoms with E-state index < -0.39 is 0 Å². The molecular formula is C30H26Br3IO2. The summed E-state index contributed by atoms with van der Waals surface area (Å²) in [6.45, 7) is 8.55. The summed E-state index contributed by atoms with van der Waals surface area (Å²) in [5.74, 6) is 0.470. The van der Waals surface area contributed by atoms with Crippen LogP contribution in [0.25, 0.3) is 43.9 Å². The maximum Gasteiger partial charge on any atom is 0.148 e. The third-order valence-corrected chi connectivity index (χ3v) is 7.72. The molecule has 0 aliphatic carbocycles. The average molecular weight is 785 g/mol. The van der Waals surface area contributed by atoms with Gasteiger partial charge in [0.05, 0.1) is 3.57 Å². The highest BCUT2D eigenvalue weighted by molar-refractivity contribution is 14.1. The molecule has 0 aliphatic rings. The lowest BCUT2D eigenvalue weighted by Gasteiger charge is -2.04. The molecule has 0 radical (unpaired) electrons. The highest BCUT2D eigenvalue weighted by Crippen LogP contribution is 2.37. The van der Waals surface area contributed by atoms with Gasteiger partial charge in [0.15, 0.2) is 0 Å². The molecule has 0 fully saturated rings. The molecule has 0 atom stereocenters. The van der Waals surface area contributed by atoms with Crippen LogP contribution in [-0.2, 0) is 0 Å². The Hall–Kier alpha value is -1.35. The fourth-order valence-electron chi connectivity index (χ4n) is 4.05. The second kappa shape index (κ2) is 12.0. The third kappa shape index (κ3) is 5.87. The Morgan fingerprint density at radius 2 is 1.08 bits per heavy atom. The zero-order valence-electron chi connectivity index (χ0n) is 20.4. The summed E-state index contributed by atoms with van der Waals surface area (Å²) in [6.07, 6.45) is 0. The largest absolute Gasteiger partial charge is 0.456 e. The predicted octanol–water partition coefficient (Wildman–Crippen LogP) is 12.2. The van der Waals surface area contributed by atoms with Crippen molar-refractivity contribution in [3.63, 3.8) is 0 Å². The zero-order chi connectivity index (χ0) is 26.0. The van der Waals surface area contributed by atoms with Gasteiger partial charge in [-0.25, -0.2) is 0 Å². The van der Waals surface area contributed by atoms with Crippen LogP contribution < -0.4 is 0 Å². The molecule has 2 nitrogen and oxygen atoms in total. The Labute approximate surface area is 250 Å². The second-order valence-corrected chi connectivity index (χ2v) is 13.6. The van der Waals surface area contributed by atoms with Crippen LogP contribution in [0, 0.1) is 3.57 Å². The standard InChI is InChI=1S/C15H13BrO.C12H6BrIO.C3H7Br/c1-9(2)10-5-3-6-11-14-12(16)7-4-8-13(14)17-15(10)11;13-8-4-2-6-10-11(8)7-3-1-5-9(14)12(7)15-10;1-3(2)4/h3-9H,1-2H3;1-6H;3H,1-2H3. The van der Waals surface area contributed by atoms with E-state index in [2.05, 4.69) is 141 Å². The van der Waals surface area contributed by atoms with Crippen LogP contribution in [0.3, 0.4) is 0 Å². The van der Waals surface area contributed by atoms with E-state index in [4.69, 9.17) is 8.83 Å². The molecule has 6 aromatic rings.